The highest BCUT2D eigenvalue weighted by Crippen LogP contribution is 2.33. The number of carbonyl (C=O) groups is 3. The van der Waals surface area contributed by atoms with Gasteiger partial charge in [-0.05, 0) is 73.2 Å². The van der Waals surface area contributed by atoms with Gasteiger partial charge in [0.05, 0.1) is 0 Å². The number of amides is 2. The zero-order valence-corrected chi connectivity index (χ0v) is 21.0. The number of ketones is 1. The highest BCUT2D eigenvalue weighted by Gasteiger charge is 2.52. The van der Waals surface area contributed by atoms with Crippen molar-refractivity contribution in [3.63, 3.8) is 0 Å². The van der Waals surface area contributed by atoms with Crippen LogP contribution in [0.25, 0.3) is 0 Å². The lowest BCUT2D eigenvalue weighted by Gasteiger charge is -2.23. The first-order valence-electron chi connectivity index (χ1n) is 13.0. The minimum atomic E-state index is -1.38. The van der Waals surface area contributed by atoms with Crippen LogP contribution in [0.4, 0.5) is 5.69 Å². The van der Waals surface area contributed by atoms with E-state index >= 15 is 0 Å². The predicted molar refractivity (Wildman–Crippen MR) is 143 cm³/mol. The number of hydrogen-bond donors (Lipinski definition) is 2. The first kappa shape index (κ1) is 24.8. The van der Waals surface area contributed by atoms with Crippen LogP contribution in [-0.4, -0.2) is 23.1 Å². The number of ether oxygens (including phenoxy) is 1. The van der Waals surface area contributed by atoms with Crippen LogP contribution in [0.5, 0.6) is 11.5 Å². The lowest BCUT2D eigenvalue weighted by atomic mass is 9.84. The molecule has 1 aliphatic carbocycles. The average molecular weight is 497 g/mol. The van der Waals surface area contributed by atoms with Crippen molar-refractivity contribution in [1.82, 2.24) is 5.32 Å². The number of benzene rings is 3. The number of hydrogen-bond acceptors (Lipinski definition) is 4. The summed E-state index contributed by atoms with van der Waals surface area (Å²) >= 11 is 0. The number of para-hydroxylation sites is 1. The second-order valence-corrected chi connectivity index (χ2v) is 10.3. The SMILES string of the molecule is CC1(Cc2cccc(Oc3ccccc3)c2)NC(=O)C(C(=O)Nc2ccc(C3CCCCC3)cc2)C1=O. The Kier molecular flexibility index (Phi) is 7.08. The van der Waals surface area contributed by atoms with E-state index < -0.39 is 29.1 Å². The van der Waals surface area contributed by atoms with Crippen molar-refractivity contribution in [3.05, 3.63) is 90.0 Å². The van der Waals surface area contributed by atoms with Crippen LogP contribution < -0.4 is 15.4 Å². The van der Waals surface area contributed by atoms with Gasteiger partial charge in [-0.15, -0.1) is 0 Å². The number of rotatable bonds is 7. The summed E-state index contributed by atoms with van der Waals surface area (Å²) in [5.41, 5.74) is 1.50. The maximum atomic E-state index is 13.3. The third-order valence-corrected chi connectivity index (χ3v) is 7.42. The molecule has 2 atom stereocenters. The Balaban J connectivity index is 1.24. The van der Waals surface area contributed by atoms with Crippen molar-refractivity contribution < 1.29 is 19.1 Å². The Hall–Kier alpha value is -3.93. The summed E-state index contributed by atoms with van der Waals surface area (Å²) < 4.78 is 5.90. The molecule has 1 saturated heterocycles. The monoisotopic (exact) mass is 496 g/mol. The molecule has 2 N–H and O–H groups in total. The van der Waals surface area contributed by atoms with E-state index in [-0.39, 0.29) is 6.42 Å². The molecule has 37 heavy (non-hydrogen) atoms. The van der Waals surface area contributed by atoms with Crippen LogP contribution in [0.3, 0.4) is 0 Å². The van der Waals surface area contributed by atoms with Gasteiger partial charge in [-0.3, -0.25) is 14.4 Å². The van der Waals surface area contributed by atoms with E-state index in [0.717, 1.165) is 5.56 Å². The second-order valence-electron chi connectivity index (χ2n) is 10.3. The molecule has 1 aliphatic heterocycles. The van der Waals surface area contributed by atoms with Crippen LogP contribution in [0.15, 0.2) is 78.9 Å². The summed E-state index contributed by atoms with van der Waals surface area (Å²) in [6.07, 6.45) is 6.46. The van der Waals surface area contributed by atoms with Gasteiger partial charge in [0, 0.05) is 12.1 Å². The topological polar surface area (TPSA) is 84.5 Å². The van der Waals surface area contributed by atoms with E-state index in [9.17, 15) is 14.4 Å². The molecule has 0 spiro atoms. The summed E-state index contributed by atoms with van der Waals surface area (Å²) in [6.45, 7) is 1.67. The van der Waals surface area contributed by atoms with Gasteiger partial charge < -0.3 is 15.4 Å². The van der Waals surface area contributed by atoms with Gasteiger partial charge in [0.1, 0.15) is 17.0 Å². The molecular weight excluding hydrogens is 464 g/mol. The number of anilines is 1. The normalized spacial score (nSPS) is 21.9. The maximum absolute atomic E-state index is 13.3. The molecule has 6 nitrogen and oxygen atoms in total. The molecule has 5 rings (SSSR count). The molecule has 2 aliphatic rings. The molecule has 2 unspecified atom stereocenters. The lowest BCUT2D eigenvalue weighted by molar-refractivity contribution is -0.135. The van der Waals surface area contributed by atoms with E-state index in [0.29, 0.717) is 23.1 Å². The molecule has 1 saturated carbocycles. The zero-order valence-electron chi connectivity index (χ0n) is 21.0. The standard InChI is InChI=1S/C31H32N2O4/c1-31(20-21-9-8-14-26(19-21)37-25-12-6-3-7-13-25)28(34)27(30(36)33-31)29(35)32-24-17-15-23(16-18-24)22-10-4-2-5-11-22/h3,6-9,12-19,22,27H,2,4-5,10-11,20H2,1H3,(H,32,35)(H,33,36). The van der Waals surface area contributed by atoms with E-state index in [1.54, 1.807) is 6.92 Å². The Morgan fingerprint density at radius 3 is 2.35 bits per heavy atom. The molecule has 0 radical (unpaired) electrons. The first-order valence-corrected chi connectivity index (χ1v) is 13.0. The van der Waals surface area contributed by atoms with Crippen molar-refractivity contribution in [3.8, 4) is 11.5 Å². The fourth-order valence-electron chi connectivity index (χ4n) is 5.45. The van der Waals surface area contributed by atoms with Crippen LogP contribution in [0.2, 0.25) is 0 Å². The second kappa shape index (κ2) is 10.6. The first-order chi connectivity index (χ1) is 17.9. The Morgan fingerprint density at radius 1 is 0.919 bits per heavy atom. The van der Waals surface area contributed by atoms with Crippen LogP contribution in [-0.2, 0) is 20.8 Å². The van der Waals surface area contributed by atoms with Crippen LogP contribution in [0, 0.1) is 5.92 Å². The van der Waals surface area contributed by atoms with Gasteiger partial charge in [-0.1, -0.05) is 61.7 Å². The van der Waals surface area contributed by atoms with E-state index in [2.05, 4.69) is 10.6 Å². The van der Waals surface area contributed by atoms with Gasteiger partial charge >= 0.3 is 0 Å². The number of Topliss-reactive ketones (excluding diaryl/α,β-unsaturated/α-hetero) is 1. The molecule has 2 fully saturated rings. The van der Waals surface area contributed by atoms with Crippen molar-refractivity contribution in [1.29, 1.82) is 0 Å². The van der Waals surface area contributed by atoms with Gasteiger partial charge in [0.2, 0.25) is 11.8 Å². The minimum absolute atomic E-state index is 0.253. The quantitative estimate of drug-likeness (QED) is 0.406. The molecule has 3 aromatic rings. The van der Waals surface area contributed by atoms with Crippen molar-refractivity contribution in [2.75, 3.05) is 5.32 Å². The summed E-state index contributed by atoms with van der Waals surface area (Å²) in [6, 6.07) is 24.6. The predicted octanol–water partition coefficient (Wildman–Crippen LogP) is 5.78. The largest absolute Gasteiger partial charge is 0.457 e. The van der Waals surface area contributed by atoms with Crippen molar-refractivity contribution in [2.24, 2.45) is 5.92 Å². The Labute approximate surface area is 217 Å². The molecule has 2 amide bonds. The van der Waals surface area contributed by atoms with Crippen LogP contribution in [0.1, 0.15) is 56.1 Å². The molecule has 6 heteroatoms. The molecular formula is C31H32N2O4. The molecule has 3 aromatic carbocycles. The highest BCUT2D eigenvalue weighted by atomic mass is 16.5. The fraction of sp³-hybridized carbons (Fsp3) is 0.323. The lowest BCUT2D eigenvalue weighted by Crippen LogP contribution is -2.45. The van der Waals surface area contributed by atoms with Gasteiger partial charge in [-0.2, -0.15) is 0 Å². The Morgan fingerprint density at radius 2 is 1.62 bits per heavy atom. The minimum Gasteiger partial charge on any atom is -0.457 e. The summed E-state index contributed by atoms with van der Waals surface area (Å²) in [4.78, 5) is 39.1. The number of carbonyl (C=O) groups excluding carboxylic acids is 3. The van der Waals surface area contributed by atoms with E-state index in [1.807, 2.05) is 78.9 Å². The van der Waals surface area contributed by atoms with E-state index in [1.165, 1.54) is 37.7 Å². The molecule has 0 bridgehead atoms. The van der Waals surface area contributed by atoms with Crippen molar-refractivity contribution >= 4 is 23.3 Å². The molecule has 190 valence electrons. The summed E-state index contributed by atoms with van der Waals surface area (Å²) in [5, 5.41) is 5.55. The van der Waals surface area contributed by atoms with Crippen LogP contribution >= 0.6 is 0 Å². The smallest absolute Gasteiger partial charge is 0.244 e. The third kappa shape index (κ3) is 5.58. The molecule has 1 heterocycles. The summed E-state index contributed by atoms with van der Waals surface area (Å²) in [5.74, 6) is -1.07. The highest BCUT2D eigenvalue weighted by molar-refractivity contribution is 6.27. The van der Waals surface area contributed by atoms with Gasteiger partial charge in [0.25, 0.3) is 0 Å². The third-order valence-electron chi connectivity index (χ3n) is 7.42. The van der Waals surface area contributed by atoms with Gasteiger partial charge in [-0.25, -0.2) is 0 Å². The molecule has 0 aromatic heterocycles. The maximum Gasteiger partial charge on any atom is 0.244 e. The Bertz CT molecular complexity index is 1280. The van der Waals surface area contributed by atoms with Gasteiger partial charge in [0.15, 0.2) is 11.7 Å². The average Bonchev–Trinajstić information content (AvgIpc) is 3.13. The van der Waals surface area contributed by atoms with E-state index in [4.69, 9.17) is 4.74 Å². The number of nitrogens with one attached hydrogen (secondary N) is 2. The fourth-order valence-corrected chi connectivity index (χ4v) is 5.45. The zero-order chi connectivity index (χ0) is 25.8. The van der Waals surface area contributed by atoms with Crippen molar-refractivity contribution in [2.45, 2.75) is 56.9 Å². The summed E-state index contributed by atoms with van der Waals surface area (Å²) in [7, 11) is 0.